The van der Waals surface area contributed by atoms with Crippen molar-refractivity contribution in [2.75, 3.05) is 5.32 Å². The van der Waals surface area contributed by atoms with E-state index in [0.717, 1.165) is 0 Å². The zero-order valence-corrected chi connectivity index (χ0v) is 11.7. The molecule has 0 aliphatic heterocycles. The van der Waals surface area contributed by atoms with Crippen LogP contribution in [0.1, 0.15) is 20.7 Å². The average Bonchev–Trinajstić information content (AvgIpc) is 3.07. The van der Waals surface area contributed by atoms with Crippen LogP contribution in [0.15, 0.2) is 55.1 Å². The average molecular weight is 309 g/mol. The summed E-state index contributed by atoms with van der Waals surface area (Å²) in [4.78, 5) is 30.9. The molecule has 1 amide bonds. The minimum absolute atomic E-state index is 0.0371. The number of anilines is 1. The fraction of sp³-hybridized carbons (Fsp3) is 0. The Kier molecular flexibility index (Phi) is 3.79. The Labute approximate surface area is 130 Å². The van der Waals surface area contributed by atoms with E-state index in [1.807, 2.05) is 6.07 Å². The van der Waals surface area contributed by atoms with Gasteiger partial charge in [0, 0.05) is 11.8 Å². The van der Waals surface area contributed by atoms with E-state index in [2.05, 4.69) is 20.4 Å². The van der Waals surface area contributed by atoms with Gasteiger partial charge in [0.1, 0.15) is 0 Å². The highest BCUT2D eigenvalue weighted by molar-refractivity contribution is 6.04. The van der Waals surface area contributed by atoms with Crippen LogP contribution in [-0.4, -0.2) is 36.7 Å². The van der Waals surface area contributed by atoms with Crippen LogP contribution in [-0.2, 0) is 0 Å². The lowest BCUT2D eigenvalue weighted by molar-refractivity contribution is 0.0696. The van der Waals surface area contributed by atoms with E-state index in [-0.39, 0.29) is 17.4 Å². The van der Waals surface area contributed by atoms with Crippen molar-refractivity contribution in [3.05, 3.63) is 66.2 Å². The summed E-state index contributed by atoms with van der Waals surface area (Å²) in [5.41, 5.74) is 0.984. The van der Waals surface area contributed by atoms with Crippen molar-refractivity contribution in [2.24, 2.45) is 0 Å². The first-order chi connectivity index (χ1) is 11.1. The van der Waals surface area contributed by atoms with Crippen LogP contribution in [0.25, 0.3) is 5.95 Å². The van der Waals surface area contributed by atoms with E-state index in [1.165, 1.54) is 29.5 Å². The fourth-order valence-electron chi connectivity index (χ4n) is 1.84. The van der Waals surface area contributed by atoms with Crippen LogP contribution in [0.3, 0.4) is 0 Å². The van der Waals surface area contributed by atoms with E-state index >= 15 is 0 Å². The number of nitrogens with zero attached hydrogens (tertiary/aromatic N) is 4. The fourth-order valence-corrected chi connectivity index (χ4v) is 1.84. The van der Waals surface area contributed by atoms with Crippen molar-refractivity contribution in [2.45, 2.75) is 0 Å². The summed E-state index contributed by atoms with van der Waals surface area (Å²) in [6, 6.07) is 8.76. The zero-order chi connectivity index (χ0) is 16.2. The molecule has 23 heavy (non-hydrogen) atoms. The van der Waals surface area contributed by atoms with Crippen LogP contribution in [0, 0.1) is 0 Å². The molecule has 2 aromatic heterocycles. The molecule has 3 rings (SSSR count). The molecule has 0 fully saturated rings. The molecular formula is C15H11N5O3. The number of amides is 1. The number of nitrogens with one attached hydrogen (secondary N) is 1. The van der Waals surface area contributed by atoms with Crippen LogP contribution >= 0.6 is 0 Å². The second-order valence-corrected chi connectivity index (χ2v) is 4.57. The molecule has 8 heteroatoms. The van der Waals surface area contributed by atoms with Gasteiger partial charge in [-0.15, -0.1) is 0 Å². The van der Waals surface area contributed by atoms with Crippen molar-refractivity contribution >= 4 is 17.6 Å². The van der Waals surface area contributed by atoms with Gasteiger partial charge < -0.3 is 10.4 Å². The Balaban J connectivity index is 1.74. The molecule has 0 aliphatic rings. The quantitative estimate of drug-likeness (QED) is 0.757. The molecule has 0 radical (unpaired) electrons. The summed E-state index contributed by atoms with van der Waals surface area (Å²) in [6.45, 7) is 0. The van der Waals surface area contributed by atoms with Crippen molar-refractivity contribution in [3.63, 3.8) is 0 Å². The number of hydrogen-bond acceptors (Lipinski definition) is 5. The van der Waals surface area contributed by atoms with E-state index in [4.69, 9.17) is 5.11 Å². The first kappa shape index (κ1) is 14.4. The normalized spacial score (nSPS) is 10.3. The standard InChI is InChI=1S/C15H11N5O3/c21-13(10-4-2-1-3-5-10)19-12-7-16-15(17-8-12)20-9-11(6-18-20)14(22)23/h1-9H,(H,19,21)(H,22,23). The number of carbonyl (C=O) groups excluding carboxylic acids is 1. The molecule has 114 valence electrons. The van der Waals surface area contributed by atoms with E-state index < -0.39 is 5.97 Å². The lowest BCUT2D eigenvalue weighted by Crippen LogP contribution is -2.12. The molecule has 0 atom stereocenters. The molecule has 0 unspecified atom stereocenters. The third-order valence-electron chi connectivity index (χ3n) is 2.97. The summed E-state index contributed by atoms with van der Waals surface area (Å²) < 4.78 is 1.24. The smallest absolute Gasteiger partial charge is 0.338 e. The summed E-state index contributed by atoms with van der Waals surface area (Å²) in [5.74, 6) is -1.15. The first-order valence-corrected chi connectivity index (χ1v) is 6.60. The Bertz CT molecular complexity index is 843. The third-order valence-corrected chi connectivity index (χ3v) is 2.97. The maximum atomic E-state index is 12.0. The Hall–Kier alpha value is -3.55. The maximum Gasteiger partial charge on any atom is 0.338 e. The van der Waals surface area contributed by atoms with Crippen LogP contribution in [0.4, 0.5) is 5.69 Å². The molecule has 8 nitrogen and oxygen atoms in total. The molecule has 0 aliphatic carbocycles. The molecule has 2 heterocycles. The zero-order valence-electron chi connectivity index (χ0n) is 11.7. The largest absolute Gasteiger partial charge is 0.478 e. The van der Waals surface area contributed by atoms with Gasteiger partial charge in [-0.1, -0.05) is 18.2 Å². The number of rotatable bonds is 4. The molecule has 0 saturated carbocycles. The first-order valence-electron chi connectivity index (χ1n) is 6.60. The summed E-state index contributed by atoms with van der Waals surface area (Å²) >= 11 is 0. The topological polar surface area (TPSA) is 110 Å². The van der Waals surface area contributed by atoms with Crippen molar-refractivity contribution in [3.8, 4) is 5.95 Å². The lowest BCUT2D eigenvalue weighted by atomic mass is 10.2. The molecule has 0 spiro atoms. The van der Waals surface area contributed by atoms with E-state index in [1.54, 1.807) is 24.3 Å². The molecule has 0 saturated heterocycles. The van der Waals surface area contributed by atoms with Gasteiger partial charge in [-0.05, 0) is 12.1 Å². The number of carboxylic acid groups (broad SMARTS) is 1. The van der Waals surface area contributed by atoms with Crippen LogP contribution < -0.4 is 5.32 Å². The number of carboxylic acids is 1. The van der Waals surface area contributed by atoms with Crippen molar-refractivity contribution in [1.82, 2.24) is 19.7 Å². The van der Waals surface area contributed by atoms with Gasteiger partial charge in [-0.25, -0.2) is 19.4 Å². The SMILES string of the molecule is O=C(O)c1cnn(-c2ncc(NC(=O)c3ccccc3)cn2)c1. The summed E-state index contributed by atoms with van der Waals surface area (Å²) in [7, 11) is 0. The molecule has 2 N–H and O–H groups in total. The highest BCUT2D eigenvalue weighted by atomic mass is 16.4. The van der Waals surface area contributed by atoms with Gasteiger partial charge in [0.2, 0.25) is 0 Å². The van der Waals surface area contributed by atoms with Crippen molar-refractivity contribution < 1.29 is 14.7 Å². The minimum atomic E-state index is -1.08. The van der Waals surface area contributed by atoms with Gasteiger partial charge in [-0.3, -0.25) is 4.79 Å². The van der Waals surface area contributed by atoms with Gasteiger partial charge in [-0.2, -0.15) is 5.10 Å². The second kappa shape index (κ2) is 6.06. The molecule has 1 aromatic carbocycles. The Morgan fingerprint density at radius 1 is 1.00 bits per heavy atom. The predicted molar refractivity (Wildman–Crippen MR) is 80.5 cm³/mol. The van der Waals surface area contributed by atoms with Crippen LogP contribution in [0.2, 0.25) is 0 Å². The number of benzene rings is 1. The minimum Gasteiger partial charge on any atom is -0.478 e. The summed E-state index contributed by atoms with van der Waals surface area (Å²) in [6.07, 6.45) is 5.35. The van der Waals surface area contributed by atoms with Crippen LogP contribution in [0.5, 0.6) is 0 Å². The van der Waals surface area contributed by atoms with E-state index in [0.29, 0.717) is 11.3 Å². The number of carbonyl (C=O) groups is 2. The maximum absolute atomic E-state index is 12.0. The highest BCUT2D eigenvalue weighted by Crippen LogP contribution is 2.09. The summed E-state index contributed by atoms with van der Waals surface area (Å²) in [5, 5.41) is 15.4. The highest BCUT2D eigenvalue weighted by Gasteiger charge is 2.10. The number of aromatic carboxylic acids is 1. The number of aromatic nitrogens is 4. The molecular weight excluding hydrogens is 298 g/mol. The monoisotopic (exact) mass is 309 g/mol. The van der Waals surface area contributed by atoms with Gasteiger partial charge >= 0.3 is 5.97 Å². The van der Waals surface area contributed by atoms with E-state index in [9.17, 15) is 9.59 Å². The predicted octanol–water partition coefficient (Wildman–Crippen LogP) is 1.61. The molecule has 3 aromatic rings. The second-order valence-electron chi connectivity index (χ2n) is 4.57. The molecule has 0 bridgehead atoms. The van der Waals surface area contributed by atoms with Gasteiger partial charge in [0.25, 0.3) is 11.9 Å². The lowest BCUT2D eigenvalue weighted by Gasteiger charge is -2.05. The third kappa shape index (κ3) is 3.21. The van der Waals surface area contributed by atoms with Gasteiger partial charge in [0.15, 0.2) is 0 Å². The van der Waals surface area contributed by atoms with Gasteiger partial charge in [0.05, 0.1) is 29.8 Å². The Morgan fingerprint density at radius 2 is 1.70 bits per heavy atom. The Morgan fingerprint density at radius 3 is 2.30 bits per heavy atom. The van der Waals surface area contributed by atoms with Crippen molar-refractivity contribution in [1.29, 1.82) is 0 Å². The number of hydrogen-bond donors (Lipinski definition) is 2.